The highest BCUT2D eigenvalue weighted by Crippen LogP contribution is 2.36. The molecule has 1 fully saturated rings. The zero-order valence-corrected chi connectivity index (χ0v) is 11.0. The average Bonchev–Trinajstić information content (AvgIpc) is 2.24. The van der Waals surface area contributed by atoms with E-state index < -0.39 is 5.97 Å². The molecule has 0 aromatic heterocycles. The van der Waals surface area contributed by atoms with Crippen molar-refractivity contribution in [3.63, 3.8) is 0 Å². The van der Waals surface area contributed by atoms with E-state index in [2.05, 4.69) is 38.1 Å². The Bertz CT molecular complexity index is 416. The van der Waals surface area contributed by atoms with Crippen molar-refractivity contribution in [2.45, 2.75) is 32.1 Å². The molecule has 0 amide bonds. The highest BCUT2D eigenvalue weighted by atomic mass is 16.5. The molecule has 1 heterocycles. The number of carboxylic acid groups (broad SMARTS) is 1. The van der Waals surface area contributed by atoms with E-state index in [1.807, 2.05) is 0 Å². The Morgan fingerprint density at radius 2 is 1.94 bits per heavy atom. The molecule has 1 saturated heterocycles. The van der Waals surface area contributed by atoms with E-state index in [-0.39, 0.29) is 11.8 Å². The van der Waals surface area contributed by atoms with Crippen LogP contribution in [0.15, 0.2) is 24.3 Å². The zero-order chi connectivity index (χ0) is 13.2. The van der Waals surface area contributed by atoms with E-state index >= 15 is 0 Å². The number of carboxylic acids is 1. The summed E-state index contributed by atoms with van der Waals surface area (Å²) >= 11 is 0. The summed E-state index contributed by atoms with van der Waals surface area (Å²) in [7, 11) is 0. The highest BCUT2D eigenvalue weighted by molar-refractivity contribution is 5.69. The molecule has 3 heteroatoms. The molecule has 0 unspecified atom stereocenters. The quantitative estimate of drug-likeness (QED) is 0.871. The highest BCUT2D eigenvalue weighted by Gasteiger charge is 2.42. The van der Waals surface area contributed by atoms with Crippen LogP contribution < -0.4 is 0 Å². The maximum Gasteiger partial charge on any atom is 0.304 e. The van der Waals surface area contributed by atoms with Gasteiger partial charge in [-0.15, -0.1) is 0 Å². The number of carbonyl (C=O) groups is 1. The third-order valence-electron chi connectivity index (χ3n) is 3.46. The molecule has 3 nitrogen and oxygen atoms in total. The lowest BCUT2D eigenvalue weighted by molar-refractivity contribution is -0.145. The fourth-order valence-electron chi connectivity index (χ4n) is 2.47. The van der Waals surface area contributed by atoms with E-state index in [1.165, 1.54) is 5.56 Å². The smallest absolute Gasteiger partial charge is 0.304 e. The summed E-state index contributed by atoms with van der Waals surface area (Å²) in [5, 5.41) is 8.99. The molecule has 1 aliphatic heterocycles. The van der Waals surface area contributed by atoms with Crippen LogP contribution in [0.4, 0.5) is 0 Å². The summed E-state index contributed by atoms with van der Waals surface area (Å²) in [6.45, 7) is 5.42. The van der Waals surface area contributed by atoms with E-state index in [9.17, 15) is 4.79 Å². The molecular weight excluding hydrogens is 228 g/mol. The van der Waals surface area contributed by atoms with Gasteiger partial charge in [-0.1, -0.05) is 38.1 Å². The van der Waals surface area contributed by atoms with Crippen LogP contribution >= 0.6 is 0 Å². The molecular formula is C15H20O3. The zero-order valence-electron chi connectivity index (χ0n) is 11.0. The standard InChI is InChI=1S/C15H20O3/c1-11(2)7-12-3-5-13(6-4-12)15(8-14(16)17)9-18-10-15/h3-6,11H,7-10H2,1-2H3,(H,16,17). The number of hydrogen-bond acceptors (Lipinski definition) is 2. The molecule has 0 radical (unpaired) electrons. The lowest BCUT2D eigenvalue weighted by Crippen LogP contribution is -2.48. The second kappa shape index (κ2) is 5.11. The fraction of sp³-hybridized carbons (Fsp3) is 0.533. The first kappa shape index (κ1) is 13.1. The molecule has 2 rings (SSSR count). The van der Waals surface area contributed by atoms with Gasteiger partial charge in [0.1, 0.15) is 0 Å². The van der Waals surface area contributed by atoms with Crippen LogP contribution in [0, 0.1) is 5.92 Å². The van der Waals surface area contributed by atoms with Crippen molar-refractivity contribution >= 4 is 5.97 Å². The van der Waals surface area contributed by atoms with E-state index in [1.54, 1.807) is 0 Å². The molecule has 0 spiro atoms. The number of ether oxygens (including phenoxy) is 1. The van der Waals surface area contributed by atoms with Gasteiger partial charge in [0.2, 0.25) is 0 Å². The lowest BCUT2D eigenvalue weighted by atomic mass is 9.75. The summed E-state index contributed by atoms with van der Waals surface area (Å²) < 4.78 is 5.22. The second-order valence-corrected chi connectivity index (χ2v) is 5.64. The number of rotatable bonds is 5. The SMILES string of the molecule is CC(C)Cc1ccc(C2(CC(=O)O)COC2)cc1. The first-order chi connectivity index (χ1) is 8.52. The Kier molecular flexibility index (Phi) is 3.71. The van der Waals surface area contributed by atoms with Gasteiger partial charge < -0.3 is 9.84 Å². The monoisotopic (exact) mass is 248 g/mol. The van der Waals surface area contributed by atoms with Gasteiger partial charge >= 0.3 is 5.97 Å². The number of aliphatic carboxylic acids is 1. The minimum Gasteiger partial charge on any atom is -0.481 e. The van der Waals surface area contributed by atoms with Crippen LogP contribution in [0.2, 0.25) is 0 Å². The summed E-state index contributed by atoms with van der Waals surface area (Å²) in [4.78, 5) is 10.9. The van der Waals surface area contributed by atoms with Gasteiger partial charge in [0.05, 0.1) is 25.0 Å². The van der Waals surface area contributed by atoms with Crippen LogP contribution in [0.3, 0.4) is 0 Å². The van der Waals surface area contributed by atoms with Gasteiger partial charge in [0.25, 0.3) is 0 Å². The Morgan fingerprint density at radius 1 is 1.33 bits per heavy atom. The van der Waals surface area contributed by atoms with Gasteiger partial charge in [-0.2, -0.15) is 0 Å². The maximum absolute atomic E-state index is 10.9. The van der Waals surface area contributed by atoms with E-state index in [0.717, 1.165) is 12.0 Å². The van der Waals surface area contributed by atoms with Gasteiger partial charge in [-0.25, -0.2) is 0 Å². The largest absolute Gasteiger partial charge is 0.481 e. The van der Waals surface area contributed by atoms with Gasteiger partial charge in [0, 0.05) is 0 Å². The van der Waals surface area contributed by atoms with Gasteiger partial charge in [-0.05, 0) is 23.5 Å². The predicted molar refractivity (Wildman–Crippen MR) is 69.7 cm³/mol. The van der Waals surface area contributed by atoms with Crippen molar-refractivity contribution in [3.8, 4) is 0 Å². The first-order valence-electron chi connectivity index (χ1n) is 6.41. The molecule has 98 valence electrons. The van der Waals surface area contributed by atoms with Crippen LogP contribution in [0.5, 0.6) is 0 Å². The normalized spacial score (nSPS) is 17.5. The summed E-state index contributed by atoms with van der Waals surface area (Å²) in [6.07, 6.45) is 1.21. The molecule has 18 heavy (non-hydrogen) atoms. The van der Waals surface area contributed by atoms with Crippen LogP contribution in [0.1, 0.15) is 31.4 Å². The lowest BCUT2D eigenvalue weighted by Gasteiger charge is -2.41. The summed E-state index contributed by atoms with van der Waals surface area (Å²) in [5.74, 6) is -0.125. The van der Waals surface area contributed by atoms with Crippen LogP contribution in [0.25, 0.3) is 0 Å². The molecule has 0 atom stereocenters. The molecule has 0 bridgehead atoms. The molecule has 0 aliphatic carbocycles. The summed E-state index contributed by atoms with van der Waals surface area (Å²) in [6, 6.07) is 8.33. The summed E-state index contributed by atoms with van der Waals surface area (Å²) in [5.41, 5.74) is 2.09. The minimum absolute atomic E-state index is 0.149. The van der Waals surface area contributed by atoms with Crippen molar-refractivity contribution in [3.05, 3.63) is 35.4 Å². The number of hydrogen-bond donors (Lipinski definition) is 1. The molecule has 1 aromatic carbocycles. The van der Waals surface area contributed by atoms with Gasteiger partial charge in [0.15, 0.2) is 0 Å². The molecule has 1 N–H and O–H groups in total. The average molecular weight is 248 g/mol. The Labute approximate surface area is 108 Å². The van der Waals surface area contributed by atoms with Gasteiger partial charge in [-0.3, -0.25) is 4.79 Å². The van der Waals surface area contributed by atoms with Crippen molar-refractivity contribution in [2.75, 3.05) is 13.2 Å². The minimum atomic E-state index is -0.760. The third kappa shape index (κ3) is 2.72. The Balaban J connectivity index is 2.14. The van der Waals surface area contributed by atoms with Crippen molar-refractivity contribution in [1.29, 1.82) is 0 Å². The van der Waals surface area contributed by atoms with E-state index in [4.69, 9.17) is 9.84 Å². The maximum atomic E-state index is 10.9. The van der Waals surface area contributed by atoms with Crippen LogP contribution in [-0.2, 0) is 21.4 Å². The Hall–Kier alpha value is -1.35. The third-order valence-corrected chi connectivity index (χ3v) is 3.46. The topological polar surface area (TPSA) is 46.5 Å². The molecule has 1 aliphatic rings. The number of benzene rings is 1. The van der Waals surface area contributed by atoms with Crippen molar-refractivity contribution in [2.24, 2.45) is 5.92 Å². The Morgan fingerprint density at radius 3 is 2.33 bits per heavy atom. The first-order valence-corrected chi connectivity index (χ1v) is 6.41. The van der Waals surface area contributed by atoms with E-state index in [0.29, 0.717) is 19.1 Å². The van der Waals surface area contributed by atoms with Crippen LogP contribution in [-0.4, -0.2) is 24.3 Å². The van der Waals surface area contributed by atoms with Crippen molar-refractivity contribution < 1.29 is 14.6 Å². The molecule has 0 saturated carbocycles. The van der Waals surface area contributed by atoms with Crippen molar-refractivity contribution in [1.82, 2.24) is 0 Å². The predicted octanol–water partition coefficient (Wildman–Crippen LogP) is 2.63. The molecule has 1 aromatic rings. The fourth-order valence-corrected chi connectivity index (χ4v) is 2.47. The second-order valence-electron chi connectivity index (χ2n) is 5.64.